The van der Waals surface area contributed by atoms with E-state index in [4.69, 9.17) is 5.11 Å². The van der Waals surface area contributed by atoms with Gasteiger partial charge in [-0.1, -0.05) is 0 Å². The number of hydrogen-bond acceptors (Lipinski definition) is 2. The molecule has 0 aromatic heterocycles. The third-order valence-corrected chi connectivity index (χ3v) is 3.60. The van der Waals surface area contributed by atoms with Crippen molar-refractivity contribution < 1.29 is 14.7 Å². The quantitative estimate of drug-likeness (QED) is 0.729. The highest BCUT2D eigenvalue weighted by molar-refractivity contribution is 5.79. The normalized spacial score (nSPS) is 30.9. The molecule has 0 aromatic rings. The van der Waals surface area contributed by atoms with Crippen LogP contribution in [-0.4, -0.2) is 52.1 Å². The van der Waals surface area contributed by atoms with E-state index in [1.165, 1.54) is 4.90 Å². The second-order valence-corrected chi connectivity index (χ2v) is 4.71. The van der Waals surface area contributed by atoms with Crippen LogP contribution >= 0.6 is 0 Å². The van der Waals surface area contributed by atoms with Gasteiger partial charge in [-0.15, -0.1) is 0 Å². The highest BCUT2D eigenvalue weighted by Gasteiger charge is 2.36. The molecule has 2 saturated heterocycles. The number of piperidine rings is 1. The van der Waals surface area contributed by atoms with Gasteiger partial charge in [0.2, 0.25) is 5.91 Å². The van der Waals surface area contributed by atoms with Gasteiger partial charge in [-0.05, 0) is 26.2 Å². The van der Waals surface area contributed by atoms with E-state index < -0.39 is 6.09 Å². The van der Waals surface area contributed by atoms with Crippen LogP contribution in [0.4, 0.5) is 4.79 Å². The molecule has 0 radical (unpaired) electrons. The van der Waals surface area contributed by atoms with Crippen molar-refractivity contribution in [3.8, 4) is 0 Å². The maximum atomic E-state index is 11.7. The van der Waals surface area contributed by atoms with E-state index in [9.17, 15) is 9.59 Å². The lowest BCUT2D eigenvalue weighted by Crippen LogP contribution is -2.51. The minimum Gasteiger partial charge on any atom is -0.465 e. The maximum Gasteiger partial charge on any atom is 0.407 e. The Kier molecular flexibility index (Phi) is 3.03. The third kappa shape index (κ3) is 1.99. The minimum absolute atomic E-state index is 0.0925. The van der Waals surface area contributed by atoms with Crippen molar-refractivity contribution in [2.24, 2.45) is 0 Å². The Hall–Kier alpha value is -1.26. The van der Waals surface area contributed by atoms with E-state index in [1.807, 2.05) is 11.8 Å². The topological polar surface area (TPSA) is 60.9 Å². The zero-order valence-electron chi connectivity index (χ0n) is 9.56. The molecule has 2 rings (SSSR count). The summed E-state index contributed by atoms with van der Waals surface area (Å²) >= 11 is 0. The number of carbonyl (C=O) groups excluding carboxylic acids is 1. The van der Waals surface area contributed by atoms with E-state index in [0.29, 0.717) is 19.5 Å². The molecule has 2 heterocycles. The Labute approximate surface area is 95.0 Å². The highest BCUT2D eigenvalue weighted by atomic mass is 16.4. The molecule has 2 aliphatic heterocycles. The summed E-state index contributed by atoms with van der Waals surface area (Å²) in [4.78, 5) is 25.9. The van der Waals surface area contributed by atoms with Crippen molar-refractivity contribution in [1.29, 1.82) is 0 Å². The van der Waals surface area contributed by atoms with Gasteiger partial charge in [0.25, 0.3) is 0 Å². The molecule has 0 aromatic carbocycles. The first-order valence-corrected chi connectivity index (χ1v) is 5.88. The van der Waals surface area contributed by atoms with Gasteiger partial charge in [-0.3, -0.25) is 4.79 Å². The average molecular weight is 226 g/mol. The Bertz CT molecular complexity index is 306. The molecule has 2 fully saturated rings. The number of likely N-dealkylation sites (tertiary alicyclic amines) is 2. The first kappa shape index (κ1) is 11.2. The molecule has 2 unspecified atom stereocenters. The second kappa shape index (κ2) is 4.31. The van der Waals surface area contributed by atoms with E-state index in [0.717, 1.165) is 19.3 Å². The Morgan fingerprint density at radius 3 is 2.75 bits per heavy atom. The number of hydrogen-bond donors (Lipinski definition) is 1. The largest absolute Gasteiger partial charge is 0.465 e. The van der Waals surface area contributed by atoms with Crippen molar-refractivity contribution >= 4 is 12.0 Å². The van der Waals surface area contributed by atoms with Crippen LogP contribution in [0.25, 0.3) is 0 Å². The first-order valence-electron chi connectivity index (χ1n) is 5.88. The predicted molar refractivity (Wildman–Crippen MR) is 58.2 cm³/mol. The van der Waals surface area contributed by atoms with Crippen LogP contribution < -0.4 is 0 Å². The van der Waals surface area contributed by atoms with Crippen LogP contribution in [0.3, 0.4) is 0 Å². The van der Waals surface area contributed by atoms with E-state index in [-0.39, 0.29) is 18.0 Å². The Balaban J connectivity index is 2.03. The van der Waals surface area contributed by atoms with E-state index in [2.05, 4.69) is 0 Å². The van der Waals surface area contributed by atoms with Crippen LogP contribution in [0.2, 0.25) is 0 Å². The third-order valence-electron chi connectivity index (χ3n) is 3.60. The Morgan fingerprint density at radius 2 is 2.19 bits per heavy atom. The minimum atomic E-state index is -0.871. The molecule has 0 spiro atoms. The van der Waals surface area contributed by atoms with Gasteiger partial charge in [0, 0.05) is 31.6 Å². The molecule has 2 atom stereocenters. The summed E-state index contributed by atoms with van der Waals surface area (Å²) in [7, 11) is 0. The molecule has 16 heavy (non-hydrogen) atoms. The van der Waals surface area contributed by atoms with E-state index >= 15 is 0 Å². The van der Waals surface area contributed by atoms with Gasteiger partial charge in [-0.25, -0.2) is 4.79 Å². The van der Waals surface area contributed by atoms with Gasteiger partial charge in [-0.2, -0.15) is 0 Å². The van der Waals surface area contributed by atoms with Gasteiger partial charge in [0.15, 0.2) is 0 Å². The van der Waals surface area contributed by atoms with Crippen molar-refractivity contribution in [2.45, 2.75) is 44.7 Å². The molecule has 5 heteroatoms. The molecule has 0 aliphatic carbocycles. The second-order valence-electron chi connectivity index (χ2n) is 4.71. The standard InChI is InChI=1S/C11H18N2O3/c1-8-4-5-10(14)13(8)9-3-2-6-12(7-9)11(15)16/h8-9H,2-7H2,1H3,(H,15,16). The molecular weight excluding hydrogens is 208 g/mol. The summed E-state index contributed by atoms with van der Waals surface area (Å²) in [5, 5.41) is 8.95. The van der Waals surface area contributed by atoms with Crippen LogP contribution in [0.1, 0.15) is 32.6 Å². The van der Waals surface area contributed by atoms with Gasteiger partial charge in [0.1, 0.15) is 0 Å². The molecule has 90 valence electrons. The summed E-state index contributed by atoms with van der Waals surface area (Å²) in [5.41, 5.74) is 0. The monoisotopic (exact) mass is 226 g/mol. The summed E-state index contributed by atoms with van der Waals surface area (Å²) < 4.78 is 0. The summed E-state index contributed by atoms with van der Waals surface area (Å²) in [6, 6.07) is 0.362. The first-order chi connectivity index (χ1) is 7.59. The van der Waals surface area contributed by atoms with Crippen LogP contribution in [0, 0.1) is 0 Å². The van der Waals surface area contributed by atoms with Crippen LogP contribution in [0.5, 0.6) is 0 Å². The maximum absolute atomic E-state index is 11.7. The highest BCUT2D eigenvalue weighted by Crippen LogP contribution is 2.26. The molecule has 0 bridgehead atoms. The molecule has 1 N–H and O–H groups in total. The fraction of sp³-hybridized carbons (Fsp3) is 0.818. The van der Waals surface area contributed by atoms with Gasteiger partial charge < -0.3 is 14.9 Å². The Morgan fingerprint density at radius 1 is 1.44 bits per heavy atom. The zero-order chi connectivity index (χ0) is 11.7. The summed E-state index contributed by atoms with van der Waals surface area (Å²) in [6.45, 7) is 3.12. The summed E-state index contributed by atoms with van der Waals surface area (Å²) in [5.74, 6) is 0.185. The fourth-order valence-electron chi connectivity index (χ4n) is 2.77. The lowest BCUT2D eigenvalue weighted by atomic mass is 10.0. The van der Waals surface area contributed by atoms with Crippen LogP contribution in [-0.2, 0) is 4.79 Å². The molecular formula is C11H18N2O3. The number of nitrogens with zero attached hydrogens (tertiary/aromatic N) is 2. The van der Waals surface area contributed by atoms with Crippen molar-refractivity contribution in [3.63, 3.8) is 0 Å². The molecule has 5 nitrogen and oxygen atoms in total. The molecule has 2 aliphatic rings. The summed E-state index contributed by atoms with van der Waals surface area (Å²) in [6.07, 6.45) is 2.43. The number of rotatable bonds is 1. The SMILES string of the molecule is CC1CCC(=O)N1C1CCCN(C(=O)O)C1. The number of amides is 2. The average Bonchev–Trinajstić information content (AvgIpc) is 2.59. The number of carboxylic acid groups (broad SMARTS) is 1. The van der Waals surface area contributed by atoms with E-state index in [1.54, 1.807) is 0 Å². The van der Waals surface area contributed by atoms with Crippen molar-refractivity contribution in [2.75, 3.05) is 13.1 Å². The van der Waals surface area contributed by atoms with Crippen LogP contribution in [0.15, 0.2) is 0 Å². The fourth-order valence-corrected chi connectivity index (χ4v) is 2.77. The van der Waals surface area contributed by atoms with Gasteiger partial charge in [0.05, 0.1) is 0 Å². The lowest BCUT2D eigenvalue weighted by molar-refractivity contribution is -0.132. The van der Waals surface area contributed by atoms with Gasteiger partial charge >= 0.3 is 6.09 Å². The molecule has 0 saturated carbocycles. The number of carbonyl (C=O) groups is 2. The molecule has 2 amide bonds. The zero-order valence-corrected chi connectivity index (χ0v) is 9.56. The van der Waals surface area contributed by atoms with Crippen molar-refractivity contribution in [1.82, 2.24) is 9.80 Å². The van der Waals surface area contributed by atoms with Crippen molar-refractivity contribution in [3.05, 3.63) is 0 Å². The lowest BCUT2D eigenvalue weighted by Gasteiger charge is -2.38. The smallest absolute Gasteiger partial charge is 0.407 e. The predicted octanol–water partition coefficient (Wildman–Crippen LogP) is 1.14.